The van der Waals surface area contributed by atoms with Gasteiger partial charge in [-0.2, -0.15) is 0 Å². The van der Waals surface area contributed by atoms with Crippen LogP contribution in [0, 0.1) is 5.41 Å². The third-order valence-corrected chi connectivity index (χ3v) is 3.71. The first kappa shape index (κ1) is 12.9. The Morgan fingerprint density at radius 3 is 2.65 bits per heavy atom. The molecule has 2 N–H and O–H groups in total. The molecule has 0 aromatic heterocycles. The molecule has 0 amide bonds. The summed E-state index contributed by atoms with van der Waals surface area (Å²) < 4.78 is 0. The monoisotopic (exact) mass is 269 g/mol. The lowest BCUT2D eigenvalue weighted by molar-refractivity contribution is 0.319. The first-order valence-electron chi connectivity index (χ1n) is 5.79. The lowest BCUT2D eigenvalue weighted by Gasteiger charge is -2.33. The summed E-state index contributed by atoms with van der Waals surface area (Å²) in [5.41, 5.74) is 8.52. The molecule has 17 heavy (non-hydrogen) atoms. The summed E-state index contributed by atoms with van der Waals surface area (Å²) >= 11 is 12.3. The summed E-state index contributed by atoms with van der Waals surface area (Å²) in [6, 6.07) is 5.67. The van der Waals surface area contributed by atoms with Crippen LogP contribution in [0.1, 0.15) is 32.3 Å². The molecule has 1 aromatic carbocycles. The average molecular weight is 270 g/mol. The molecule has 0 bridgehead atoms. The predicted molar refractivity (Wildman–Crippen MR) is 75.4 cm³/mol. The second kappa shape index (κ2) is 4.64. The van der Waals surface area contributed by atoms with Crippen molar-refractivity contribution in [3.8, 4) is 0 Å². The van der Waals surface area contributed by atoms with Gasteiger partial charge in [0.1, 0.15) is 0 Å². The van der Waals surface area contributed by atoms with Crippen molar-refractivity contribution in [3.05, 3.63) is 39.9 Å². The van der Waals surface area contributed by atoms with Crippen LogP contribution in [0.5, 0.6) is 0 Å². The van der Waals surface area contributed by atoms with Gasteiger partial charge in [0.25, 0.3) is 0 Å². The molecule has 1 aliphatic rings. The zero-order valence-corrected chi connectivity index (χ0v) is 11.6. The van der Waals surface area contributed by atoms with Crippen molar-refractivity contribution in [1.29, 1.82) is 0 Å². The van der Waals surface area contributed by atoms with Gasteiger partial charge in [-0.3, -0.25) is 0 Å². The van der Waals surface area contributed by atoms with Gasteiger partial charge in [-0.05, 0) is 47.6 Å². The molecule has 3 heteroatoms. The second-order valence-corrected chi connectivity index (χ2v) is 6.37. The van der Waals surface area contributed by atoms with E-state index in [-0.39, 0.29) is 11.5 Å². The van der Waals surface area contributed by atoms with E-state index >= 15 is 0 Å². The number of allylic oxidation sites excluding steroid dienone is 1. The van der Waals surface area contributed by atoms with Gasteiger partial charge >= 0.3 is 0 Å². The molecular weight excluding hydrogens is 253 g/mol. The number of benzene rings is 1. The molecule has 0 aliphatic heterocycles. The first-order chi connectivity index (χ1) is 7.87. The molecule has 1 nitrogen and oxygen atoms in total. The fraction of sp³-hybridized carbons (Fsp3) is 0.429. The van der Waals surface area contributed by atoms with E-state index in [9.17, 15) is 0 Å². The molecule has 0 saturated heterocycles. The van der Waals surface area contributed by atoms with Crippen LogP contribution in [0.2, 0.25) is 10.0 Å². The second-order valence-electron chi connectivity index (χ2n) is 5.53. The van der Waals surface area contributed by atoms with Crippen molar-refractivity contribution >= 4 is 28.8 Å². The maximum Gasteiger partial charge on any atom is 0.0482 e. The van der Waals surface area contributed by atoms with Gasteiger partial charge in [0.2, 0.25) is 0 Å². The molecule has 1 unspecified atom stereocenters. The van der Waals surface area contributed by atoms with E-state index in [0.717, 1.165) is 23.4 Å². The third-order valence-electron chi connectivity index (χ3n) is 3.15. The zero-order valence-electron chi connectivity index (χ0n) is 10.1. The van der Waals surface area contributed by atoms with E-state index in [1.165, 1.54) is 5.57 Å². The lowest BCUT2D eigenvalue weighted by Crippen LogP contribution is -2.30. The van der Waals surface area contributed by atoms with Crippen molar-refractivity contribution < 1.29 is 0 Å². The van der Waals surface area contributed by atoms with Crippen LogP contribution >= 0.6 is 23.2 Å². The first-order valence-corrected chi connectivity index (χ1v) is 6.55. The molecule has 0 heterocycles. The largest absolute Gasteiger partial charge is 0.324 e. The summed E-state index contributed by atoms with van der Waals surface area (Å²) in [6.45, 7) is 4.47. The van der Waals surface area contributed by atoms with Crippen molar-refractivity contribution in [2.75, 3.05) is 0 Å². The number of halogens is 2. The van der Waals surface area contributed by atoms with Crippen LogP contribution in [-0.4, -0.2) is 6.04 Å². The summed E-state index contributed by atoms with van der Waals surface area (Å²) in [5.74, 6) is 0. The van der Waals surface area contributed by atoms with Crippen LogP contribution in [-0.2, 0) is 0 Å². The molecule has 0 radical (unpaired) electrons. The van der Waals surface area contributed by atoms with Gasteiger partial charge in [0.15, 0.2) is 0 Å². The van der Waals surface area contributed by atoms with Gasteiger partial charge in [-0.25, -0.2) is 0 Å². The quantitative estimate of drug-likeness (QED) is 0.797. The van der Waals surface area contributed by atoms with Crippen molar-refractivity contribution in [2.24, 2.45) is 11.1 Å². The summed E-state index contributed by atoms with van der Waals surface area (Å²) in [4.78, 5) is 0. The van der Waals surface area contributed by atoms with E-state index in [1.54, 1.807) is 0 Å². The van der Waals surface area contributed by atoms with Gasteiger partial charge in [-0.15, -0.1) is 0 Å². The molecule has 1 atom stereocenters. The molecule has 1 aromatic rings. The highest BCUT2D eigenvalue weighted by Gasteiger charge is 2.28. The number of nitrogens with two attached hydrogens (primary N) is 1. The highest BCUT2D eigenvalue weighted by molar-refractivity contribution is 6.34. The van der Waals surface area contributed by atoms with E-state index in [4.69, 9.17) is 28.9 Å². The molecule has 0 fully saturated rings. The van der Waals surface area contributed by atoms with Gasteiger partial charge in [0.05, 0.1) is 0 Å². The van der Waals surface area contributed by atoms with Gasteiger partial charge < -0.3 is 5.73 Å². The smallest absolute Gasteiger partial charge is 0.0482 e. The summed E-state index contributed by atoms with van der Waals surface area (Å²) in [7, 11) is 0. The molecule has 0 spiro atoms. The fourth-order valence-corrected chi connectivity index (χ4v) is 2.94. The SMILES string of the molecule is CC1(C)CC(c2cc(Cl)ccc2Cl)=CC(N)C1. The summed E-state index contributed by atoms with van der Waals surface area (Å²) in [6.07, 6.45) is 4.11. The Labute approximate surface area is 113 Å². The summed E-state index contributed by atoms with van der Waals surface area (Å²) in [5, 5.41) is 1.45. The molecule has 2 rings (SSSR count). The highest BCUT2D eigenvalue weighted by Crippen LogP contribution is 2.41. The Hall–Kier alpha value is -0.500. The minimum absolute atomic E-state index is 0.101. The maximum atomic E-state index is 6.23. The minimum atomic E-state index is 0.101. The topological polar surface area (TPSA) is 26.0 Å². The van der Waals surface area contributed by atoms with E-state index in [0.29, 0.717) is 5.02 Å². The number of hydrogen-bond donors (Lipinski definition) is 1. The van der Waals surface area contributed by atoms with Gasteiger partial charge in [0, 0.05) is 16.1 Å². The molecule has 0 saturated carbocycles. The Kier molecular flexibility index (Phi) is 3.53. The molecule has 1 aliphatic carbocycles. The Morgan fingerprint density at radius 1 is 1.29 bits per heavy atom. The Morgan fingerprint density at radius 2 is 2.00 bits per heavy atom. The Bertz CT molecular complexity index is 463. The van der Waals surface area contributed by atoms with Crippen LogP contribution in [0.15, 0.2) is 24.3 Å². The van der Waals surface area contributed by atoms with Crippen molar-refractivity contribution in [2.45, 2.75) is 32.7 Å². The Balaban J connectivity index is 2.43. The van der Waals surface area contributed by atoms with E-state index < -0.39 is 0 Å². The van der Waals surface area contributed by atoms with E-state index in [2.05, 4.69) is 19.9 Å². The van der Waals surface area contributed by atoms with Crippen LogP contribution in [0.4, 0.5) is 0 Å². The van der Waals surface area contributed by atoms with Crippen LogP contribution in [0.3, 0.4) is 0 Å². The molecule has 92 valence electrons. The van der Waals surface area contributed by atoms with Crippen molar-refractivity contribution in [3.63, 3.8) is 0 Å². The zero-order chi connectivity index (χ0) is 12.6. The minimum Gasteiger partial charge on any atom is -0.324 e. The lowest BCUT2D eigenvalue weighted by atomic mass is 9.74. The number of rotatable bonds is 1. The average Bonchev–Trinajstić information content (AvgIpc) is 2.18. The van der Waals surface area contributed by atoms with Crippen molar-refractivity contribution in [1.82, 2.24) is 0 Å². The van der Waals surface area contributed by atoms with Gasteiger partial charge in [-0.1, -0.05) is 43.1 Å². The normalized spacial score (nSPS) is 23.4. The highest BCUT2D eigenvalue weighted by atomic mass is 35.5. The molecular formula is C14H17Cl2N. The fourth-order valence-electron chi connectivity index (χ4n) is 2.53. The standard InChI is InChI=1S/C14H17Cl2N/c1-14(2)7-9(5-11(17)8-14)12-6-10(15)3-4-13(12)16/h3-6,11H,7-8,17H2,1-2H3. The predicted octanol–water partition coefficient (Wildman–Crippen LogP) is 4.52. The maximum absolute atomic E-state index is 6.23. The van der Waals surface area contributed by atoms with Crippen LogP contribution in [0.25, 0.3) is 5.57 Å². The number of hydrogen-bond acceptors (Lipinski definition) is 1. The van der Waals surface area contributed by atoms with Crippen LogP contribution < -0.4 is 5.73 Å². The van der Waals surface area contributed by atoms with E-state index in [1.807, 2.05) is 18.2 Å². The third kappa shape index (κ3) is 3.04.